The fourth-order valence-corrected chi connectivity index (χ4v) is 2.39. The first-order valence-corrected chi connectivity index (χ1v) is 8.94. The average Bonchev–Trinajstić information content (AvgIpc) is 3.19. The molecule has 1 unspecified atom stereocenters. The van der Waals surface area contributed by atoms with Crippen molar-refractivity contribution in [3.8, 4) is 11.5 Å². The average molecular weight is 359 g/mol. The van der Waals surface area contributed by atoms with Crippen LogP contribution in [-0.2, 0) is 13.0 Å². The van der Waals surface area contributed by atoms with Crippen molar-refractivity contribution in [2.75, 3.05) is 20.8 Å². The Morgan fingerprint density at radius 2 is 2.08 bits per heavy atom. The minimum Gasteiger partial charge on any atom is -0.497 e. The Morgan fingerprint density at radius 1 is 1.23 bits per heavy atom. The van der Waals surface area contributed by atoms with Gasteiger partial charge in [-0.25, -0.2) is 4.99 Å². The van der Waals surface area contributed by atoms with E-state index in [-0.39, 0.29) is 0 Å². The van der Waals surface area contributed by atoms with E-state index in [4.69, 9.17) is 18.9 Å². The molecule has 26 heavy (non-hydrogen) atoms. The van der Waals surface area contributed by atoms with Crippen molar-refractivity contribution in [1.29, 1.82) is 0 Å². The summed E-state index contributed by atoms with van der Waals surface area (Å²) in [5, 5.41) is 6.79. The van der Waals surface area contributed by atoms with Gasteiger partial charge in [0.15, 0.2) is 5.96 Å². The Labute approximate surface area is 155 Å². The molecular weight excluding hydrogens is 330 g/mol. The lowest BCUT2D eigenvalue weighted by atomic mass is 10.2. The molecule has 2 rings (SSSR count). The molecule has 6 nitrogen and oxygen atoms in total. The number of guanidine groups is 1. The predicted octanol–water partition coefficient (Wildman–Crippen LogP) is 3.37. The highest BCUT2D eigenvalue weighted by molar-refractivity contribution is 5.80. The zero-order valence-electron chi connectivity index (χ0n) is 16.0. The maximum Gasteiger partial charge on any atom is 0.191 e. The molecule has 1 aromatic heterocycles. The van der Waals surface area contributed by atoms with E-state index in [0.717, 1.165) is 48.2 Å². The van der Waals surface area contributed by atoms with Crippen molar-refractivity contribution in [2.45, 2.75) is 39.3 Å². The van der Waals surface area contributed by atoms with Crippen LogP contribution in [0.2, 0.25) is 0 Å². The first kappa shape index (κ1) is 19.7. The molecule has 0 bridgehead atoms. The number of benzene rings is 1. The summed E-state index contributed by atoms with van der Waals surface area (Å²) < 4.78 is 16.1. The van der Waals surface area contributed by atoms with Gasteiger partial charge in [-0.15, -0.1) is 0 Å². The van der Waals surface area contributed by atoms with E-state index in [9.17, 15) is 0 Å². The number of aliphatic imine (C=N–C) groups is 1. The van der Waals surface area contributed by atoms with Crippen molar-refractivity contribution in [3.63, 3.8) is 0 Å². The molecule has 0 aliphatic heterocycles. The normalized spacial score (nSPS) is 12.5. The Morgan fingerprint density at radius 3 is 2.73 bits per heavy atom. The van der Waals surface area contributed by atoms with Crippen molar-refractivity contribution in [2.24, 2.45) is 4.99 Å². The van der Waals surface area contributed by atoms with Crippen molar-refractivity contribution < 1.29 is 13.9 Å². The Bertz CT molecular complexity index is 684. The van der Waals surface area contributed by atoms with Crippen LogP contribution in [0.25, 0.3) is 0 Å². The molecule has 0 fully saturated rings. The Hall–Kier alpha value is -2.63. The topological polar surface area (TPSA) is 68.0 Å². The summed E-state index contributed by atoms with van der Waals surface area (Å²) in [6, 6.07) is 9.98. The fraction of sp³-hybridized carbons (Fsp3) is 0.450. The largest absolute Gasteiger partial charge is 0.497 e. The molecule has 1 atom stereocenters. The molecular formula is C20H29N3O3. The maximum atomic E-state index is 5.45. The number of methoxy groups -OCH3 is 2. The zero-order valence-corrected chi connectivity index (χ0v) is 16.0. The third-order valence-corrected chi connectivity index (χ3v) is 4.14. The fourth-order valence-electron chi connectivity index (χ4n) is 2.39. The molecule has 0 amide bonds. The summed E-state index contributed by atoms with van der Waals surface area (Å²) in [6.45, 7) is 5.54. The lowest BCUT2D eigenvalue weighted by Crippen LogP contribution is -2.42. The van der Waals surface area contributed by atoms with Crippen LogP contribution in [0.1, 0.15) is 31.6 Å². The number of nitrogens with one attached hydrogen (secondary N) is 2. The van der Waals surface area contributed by atoms with Gasteiger partial charge in [-0.2, -0.15) is 0 Å². The van der Waals surface area contributed by atoms with Crippen LogP contribution in [0, 0.1) is 0 Å². The lowest BCUT2D eigenvalue weighted by Gasteiger charge is -2.17. The van der Waals surface area contributed by atoms with Gasteiger partial charge in [-0.05, 0) is 37.6 Å². The van der Waals surface area contributed by atoms with Crippen LogP contribution in [0.15, 0.2) is 46.0 Å². The molecule has 0 aliphatic rings. The summed E-state index contributed by atoms with van der Waals surface area (Å²) in [4.78, 5) is 4.71. The molecule has 0 radical (unpaired) electrons. The number of ether oxygens (including phenoxy) is 2. The summed E-state index contributed by atoms with van der Waals surface area (Å²) in [5.41, 5.74) is 1.00. The van der Waals surface area contributed by atoms with Gasteiger partial charge in [-0.3, -0.25) is 0 Å². The van der Waals surface area contributed by atoms with Crippen molar-refractivity contribution in [3.05, 3.63) is 47.9 Å². The van der Waals surface area contributed by atoms with E-state index in [1.807, 2.05) is 30.3 Å². The predicted molar refractivity (Wildman–Crippen MR) is 104 cm³/mol. The van der Waals surface area contributed by atoms with Gasteiger partial charge >= 0.3 is 0 Å². The van der Waals surface area contributed by atoms with Gasteiger partial charge in [0.25, 0.3) is 0 Å². The molecule has 0 aliphatic carbocycles. The van der Waals surface area contributed by atoms with Crippen LogP contribution >= 0.6 is 0 Å². The number of hydrogen-bond donors (Lipinski definition) is 2. The highest BCUT2D eigenvalue weighted by atomic mass is 16.5. The summed E-state index contributed by atoms with van der Waals surface area (Å²) >= 11 is 0. The maximum absolute atomic E-state index is 5.45. The number of rotatable bonds is 9. The van der Waals surface area contributed by atoms with Gasteiger partial charge in [0.2, 0.25) is 0 Å². The molecule has 2 N–H and O–H groups in total. The van der Waals surface area contributed by atoms with E-state index in [2.05, 4.69) is 24.5 Å². The second-order valence-corrected chi connectivity index (χ2v) is 6.05. The molecule has 1 aromatic carbocycles. The molecule has 142 valence electrons. The third-order valence-electron chi connectivity index (χ3n) is 4.14. The van der Waals surface area contributed by atoms with Crippen molar-refractivity contribution in [1.82, 2.24) is 10.6 Å². The van der Waals surface area contributed by atoms with Gasteiger partial charge < -0.3 is 24.5 Å². The second-order valence-electron chi connectivity index (χ2n) is 6.05. The Balaban J connectivity index is 2.03. The molecule has 2 aromatic rings. The summed E-state index contributed by atoms with van der Waals surface area (Å²) in [5.74, 6) is 3.27. The summed E-state index contributed by atoms with van der Waals surface area (Å²) in [7, 11) is 3.30. The zero-order chi connectivity index (χ0) is 18.8. The number of nitrogens with zero attached hydrogens (tertiary/aromatic N) is 1. The SMILES string of the molecule is CCC(C)NC(=NCc1ccc(OC)cc1OC)NCCc1ccco1. The van der Waals surface area contributed by atoms with Gasteiger partial charge in [-0.1, -0.05) is 6.92 Å². The molecule has 0 spiro atoms. The molecule has 0 saturated heterocycles. The Kier molecular flexibility index (Phi) is 7.86. The second kappa shape index (κ2) is 10.4. The minimum absolute atomic E-state index is 0.336. The van der Waals surface area contributed by atoms with Crippen LogP contribution in [0.5, 0.6) is 11.5 Å². The molecule has 6 heteroatoms. The van der Waals surface area contributed by atoms with E-state index in [0.29, 0.717) is 12.6 Å². The summed E-state index contributed by atoms with van der Waals surface area (Å²) in [6.07, 6.45) is 3.52. The third kappa shape index (κ3) is 6.02. The van der Waals surface area contributed by atoms with E-state index in [1.54, 1.807) is 20.5 Å². The van der Waals surface area contributed by atoms with Crippen LogP contribution in [-0.4, -0.2) is 32.8 Å². The van der Waals surface area contributed by atoms with Crippen LogP contribution in [0.4, 0.5) is 0 Å². The lowest BCUT2D eigenvalue weighted by molar-refractivity contribution is 0.391. The van der Waals surface area contributed by atoms with Crippen LogP contribution < -0.4 is 20.1 Å². The minimum atomic E-state index is 0.336. The van der Waals surface area contributed by atoms with Gasteiger partial charge in [0.05, 0.1) is 27.0 Å². The van der Waals surface area contributed by atoms with Crippen LogP contribution in [0.3, 0.4) is 0 Å². The number of furan rings is 1. The van der Waals surface area contributed by atoms with Gasteiger partial charge in [0.1, 0.15) is 17.3 Å². The van der Waals surface area contributed by atoms with E-state index >= 15 is 0 Å². The van der Waals surface area contributed by atoms with E-state index < -0.39 is 0 Å². The highest BCUT2D eigenvalue weighted by Gasteiger charge is 2.07. The molecule has 1 heterocycles. The smallest absolute Gasteiger partial charge is 0.191 e. The quantitative estimate of drug-likeness (QED) is 0.531. The van der Waals surface area contributed by atoms with Gasteiger partial charge in [0, 0.05) is 30.6 Å². The first-order chi connectivity index (χ1) is 12.7. The molecule has 0 saturated carbocycles. The standard InChI is InChI=1S/C20H29N3O3/c1-5-15(2)23-20(21-11-10-17-7-6-12-26-17)22-14-16-8-9-18(24-3)13-19(16)25-4/h6-9,12-13,15H,5,10-11,14H2,1-4H3,(H2,21,22,23). The first-order valence-electron chi connectivity index (χ1n) is 8.94. The highest BCUT2D eigenvalue weighted by Crippen LogP contribution is 2.25. The number of hydrogen-bond acceptors (Lipinski definition) is 4. The van der Waals surface area contributed by atoms with E-state index in [1.165, 1.54) is 0 Å². The van der Waals surface area contributed by atoms with Crippen molar-refractivity contribution >= 4 is 5.96 Å². The monoisotopic (exact) mass is 359 g/mol.